The molecule has 7 nitrogen and oxygen atoms in total. The highest BCUT2D eigenvalue weighted by molar-refractivity contribution is 5.31. The van der Waals surface area contributed by atoms with Gasteiger partial charge in [0.1, 0.15) is 0 Å². The van der Waals surface area contributed by atoms with Crippen molar-refractivity contribution in [2.75, 3.05) is 5.43 Å². The van der Waals surface area contributed by atoms with E-state index in [1.165, 1.54) is 0 Å². The number of hydrazine groups is 1. The van der Waals surface area contributed by atoms with Crippen LogP contribution in [0.3, 0.4) is 0 Å². The summed E-state index contributed by atoms with van der Waals surface area (Å²) in [4.78, 5) is 8.17. The number of nitrogen functional groups attached to an aromatic ring is 1. The molecule has 2 aromatic rings. The number of anilines is 1. The molecular formula is C11H16N6O. The summed E-state index contributed by atoms with van der Waals surface area (Å²) in [6.45, 7) is 5.93. The summed E-state index contributed by atoms with van der Waals surface area (Å²) in [5.41, 5.74) is 3.16. The molecule has 3 N–H and O–H groups in total. The molecule has 0 radical (unpaired) electrons. The third-order valence-corrected chi connectivity index (χ3v) is 2.29. The van der Waals surface area contributed by atoms with Gasteiger partial charge in [-0.25, -0.2) is 10.8 Å². The van der Waals surface area contributed by atoms with Crippen LogP contribution in [-0.4, -0.2) is 19.7 Å². The summed E-state index contributed by atoms with van der Waals surface area (Å²) < 4.78 is 7.41. The van der Waals surface area contributed by atoms with Crippen molar-refractivity contribution in [2.24, 2.45) is 5.84 Å². The van der Waals surface area contributed by atoms with Gasteiger partial charge >= 0.3 is 0 Å². The van der Waals surface area contributed by atoms with E-state index in [1.54, 1.807) is 12.3 Å². The van der Waals surface area contributed by atoms with E-state index in [9.17, 15) is 0 Å². The number of hydrogen-bond acceptors (Lipinski definition) is 6. The lowest BCUT2D eigenvalue weighted by molar-refractivity contribution is 0.458. The molecule has 7 heteroatoms. The fourth-order valence-electron chi connectivity index (χ4n) is 1.43. The van der Waals surface area contributed by atoms with E-state index in [0.717, 1.165) is 5.69 Å². The first-order valence-corrected chi connectivity index (χ1v) is 5.63. The van der Waals surface area contributed by atoms with Gasteiger partial charge in [-0.05, 0) is 20.8 Å². The van der Waals surface area contributed by atoms with E-state index in [4.69, 9.17) is 10.6 Å². The van der Waals surface area contributed by atoms with Crippen LogP contribution in [0, 0.1) is 6.92 Å². The van der Waals surface area contributed by atoms with Crippen molar-refractivity contribution in [2.45, 2.75) is 26.8 Å². The molecule has 0 saturated carbocycles. The molecule has 0 fully saturated rings. The first-order chi connectivity index (χ1) is 8.58. The highest BCUT2D eigenvalue weighted by Crippen LogP contribution is 2.21. The van der Waals surface area contributed by atoms with Gasteiger partial charge in [0, 0.05) is 17.8 Å². The Labute approximate surface area is 105 Å². The van der Waals surface area contributed by atoms with Crippen LogP contribution in [-0.2, 0) is 0 Å². The quantitative estimate of drug-likeness (QED) is 0.631. The lowest BCUT2D eigenvalue weighted by Gasteiger charge is -2.05. The third kappa shape index (κ3) is 2.75. The van der Waals surface area contributed by atoms with Crippen LogP contribution in [0.25, 0.3) is 0 Å². The summed E-state index contributed by atoms with van der Waals surface area (Å²) in [5.74, 6) is 6.66. The van der Waals surface area contributed by atoms with Crippen molar-refractivity contribution in [3.63, 3.8) is 0 Å². The van der Waals surface area contributed by atoms with Crippen LogP contribution in [0.2, 0.25) is 0 Å². The summed E-state index contributed by atoms with van der Waals surface area (Å²) >= 11 is 0. The smallest absolute Gasteiger partial charge is 0.240 e. The predicted molar refractivity (Wildman–Crippen MR) is 67.3 cm³/mol. The van der Waals surface area contributed by atoms with Gasteiger partial charge in [-0.3, -0.25) is 10.1 Å². The molecule has 0 saturated heterocycles. The van der Waals surface area contributed by atoms with Gasteiger partial charge in [0.15, 0.2) is 5.75 Å². The fourth-order valence-corrected chi connectivity index (χ4v) is 1.43. The first-order valence-electron chi connectivity index (χ1n) is 5.63. The molecule has 0 aromatic carbocycles. The van der Waals surface area contributed by atoms with Crippen LogP contribution in [0.5, 0.6) is 11.6 Å². The molecule has 0 unspecified atom stereocenters. The molecule has 0 amide bonds. The Kier molecular flexibility index (Phi) is 3.42. The van der Waals surface area contributed by atoms with E-state index in [2.05, 4.69) is 20.5 Å². The van der Waals surface area contributed by atoms with Gasteiger partial charge < -0.3 is 4.74 Å². The lowest BCUT2D eigenvalue weighted by atomic mass is 10.4. The molecule has 2 heterocycles. The van der Waals surface area contributed by atoms with E-state index < -0.39 is 0 Å². The van der Waals surface area contributed by atoms with Crippen molar-refractivity contribution >= 4 is 5.95 Å². The number of nitrogens with zero attached hydrogens (tertiary/aromatic N) is 4. The minimum atomic E-state index is 0.288. The maximum Gasteiger partial charge on any atom is 0.240 e. The van der Waals surface area contributed by atoms with Gasteiger partial charge in [-0.15, -0.1) is 0 Å². The molecule has 0 aliphatic heterocycles. The second-order valence-electron chi connectivity index (χ2n) is 4.17. The standard InChI is InChI=1S/C11H16N6O/c1-7(2)17-6-9(5-13-17)18-10-4-8(3)14-11(15-10)16-12/h4-7H,12H2,1-3H3,(H,14,15,16). The topological polar surface area (TPSA) is 90.9 Å². The summed E-state index contributed by atoms with van der Waals surface area (Å²) in [5, 5.41) is 4.18. The zero-order valence-electron chi connectivity index (χ0n) is 10.6. The van der Waals surface area contributed by atoms with E-state index >= 15 is 0 Å². The largest absolute Gasteiger partial charge is 0.436 e. The molecule has 0 aliphatic rings. The van der Waals surface area contributed by atoms with Crippen LogP contribution in [0.4, 0.5) is 5.95 Å². The summed E-state index contributed by atoms with van der Waals surface area (Å²) in [6, 6.07) is 2.02. The second-order valence-corrected chi connectivity index (χ2v) is 4.17. The molecule has 2 aromatic heterocycles. The van der Waals surface area contributed by atoms with E-state index in [1.807, 2.05) is 31.6 Å². The Morgan fingerprint density at radius 3 is 2.78 bits per heavy atom. The highest BCUT2D eigenvalue weighted by Gasteiger charge is 2.06. The average molecular weight is 248 g/mol. The minimum absolute atomic E-state index is 0.288. The summed E-state index contributed by atoms with van der Waals surface area (Å²) in [7, 11) is 0. The average Bonchev–Trinajstić information content (AvgIpc) is 2.76. The lowest BCUT2D eigenvalue weighted by Crippen LogP contribution is -2.11. The Balaban J connectivity index is 2.19. The molecule has 96 valence electrons. The predicted octanol–water partition coefficient (Wildman–Crippen LogP) is 1.64. The third-order valence-electron chi connectivity index (χ3n) is 2.29. The van der Waals surface area contributed by atoms with Gasteiger partial charge in [0.05, 0.1) is 12.4 Å². The number of nitrogens with two attached hydrogens (primary N) is 1. The minimum Gasteiger partial charge on any atom is -0.436 e. The number of hydrogen-bond donors (Lipinski definition) is 2. The number of nitrogens with one attached hydrogen (secondary N) is 1. The van der Waals surface area contributed by atoms with Gasteiger partial charge in [0.25, 0.3) is 0 Å². The molecular weight excluding hydrogens is 232 g/mol. The SMILES string of the molecule is Cc1cc(Oc2cnn(C(C)C)c2)nc(NN)n1. The zero-order valence-corrected chi connectivity index (χ0v) is 10.6. The van der Waals surface area contributed by atoms with Gasteiger partial charge in [-0.2, -0.15) is 10.1 Å². The van der Waals surface area contributed by atoms with E-state index in [-0.39, 0.29) is 6.04 Å². The van der Waals surface area contributed by atoms with Crippen LogP contribution in [0.1, 0.15) is 25.6 Å². The molecule has 2 rings (SSSR count). The first kappa shape index (κ1) is 12.3. The molecule has 0 bridgehead atoms. The number of rotatable bonds is 4. The van der Waals surface area contributed by atoms with Crippen LogP contribution < -0.4 is 16.0 Å². The molecule has 0 spiro atoms. The van der Waals surface area contributed by atoms with E-state index in [0.29, 0.717) is 17.6 Å². The van der Waals surface area contributed by atoms with Gasteiger partial charge in [0.2, 0.25) is 11.8 Å². The molecule has 18 heavy (non-hydrogen) atoms. The zero-order chi connectivity index (χ0) is 13.1. The van der Waals surface area contributed by atoms with Crippen LogP contribution in [0.15, 0.2) is 18.5 Å². The van der Waals surface area contributed by atoms with Crippen molar-refractivity contribution in [3.8, 4) is 11.6 Å². The molecule has 0 atom stereocenters. The van der Waals surface area contributed by atoms with Gasteiger partial charge in [-0.1, -0.05) is 0 Å². The Hall–Kier alpha value is -2.15. The Morgan fingerprint density at radius 2 is 2.17 bits per heavy atom. The summed E-state index contributed by atoms with van der Waals surface area (Å²) in [6.07, 6.45) is 3.46. The highest BCUT2D eigenvalue weighted by atomic mass is 16.5. The van der Waals surface area contributed by atoms with Crippen LogP contribution >= 0.6 is 0 Å². The monoisotopic (exact) mass is 248 g/mol. The van der Waals surface area contributed by atoms with Crippen molar-refractivity contribution < 1.29 is 4.74 Å². The number of aryl methyl sites for hydroxylation is 1. The molecule has 0 aliphatic carbocycles. The second kappa shape index (κ2) is 5.01. The number of aromatic nitrogens is 4. The Morgan fingerprint density at radius 1 is 1.39 bits per heavy atom. The van der Waals surface area contributed by atoms with Crippen molar-refractivity contribution in [1.82, 2.24) is 19.7 Å². The maximum absolute atomic E-state index is 5.60. The number of ether oxygens (including phenoxy) is 1. The van der Waals surface area contributed by atoms with Crippen molar-refractivity contribution in [3.05, 3.63) is 24.2 Å². The maximum atomic E-state index is 5.60. The van der Waals surface area contributed by atoms with Crippen molar-refractivity contribution in [1.29, 1.82) is 0 Å². The Bertz CT molecular complexity index is 536. The fraction of sp³-hybridized carbons (Fsp3) is 0.364. The normalized spacial score (nSPS) is 10.7.